The van der Waals surface area contributed by atoms with Gasteiger partial charge in [-0.15, -0.1) is 0 Å². The van der Waals surface area contributed by atoms with Crippen molar-refractivity contribution in [3.05, 3.63) is 95.2 Å². The van der Waals surface area contributed by atoms with E-state index in [1.165, 1.54) is 13.2 Å². The van der Waals surface area contributed by atoms with Crippen molar-refractivity contribution in [2.24, 2.45) is 0 Å². The molecule has 0 fully saturated rings. The summed E-state index contributed by atoms with van der Waals surface area (Å²) < 4.78 is 16.8. The van der Waals surface area contributed by atoms with Crippen molar-refractivity contribution in [1.82, 2.24) is 0 Å². The lowest BCUT2D eigenvalue weighted by molar-refractivity contribution is -0.135. The quantitative estimate of drug-likeness (QED) is 0.116. The average molecular weight is 504 g/mol. The molecule has 7 nitrogen and oxygen atoms in total. The van der Waals surface area contributed by atoms with Crippen LogP contribution in [0.25, 0.3) is 6.08 Å². The first-order valence-electron chi connectivity index (χ1n) is 12.3. The Morgan fingerprint density at radius 3 is 2.32 bits per heavy atom. The number of carboxylic acids is 1. The summed E-state index contributed by atoms with van der Waals surface area (Å²) >= 11 is 0. The third-order valence-corrected chi connectivity index (χ3v) is 5.60. The van der Waals surface area contributed by atoms with Gasteiger partial charge in [0.15, 0.2) is 17.3 Å². The third-order valence-electron chi connectivity index (χ3n) is 5.60. The molecule has 0 amide bonds. The molecule has 0 spiro atoms. The largest absolute Gasteiger partial charge is 0.490 e. The van der Waals surface area contributed by atoms with Crippen LogP contribution in [-0.4, -0.2) is 43.7 Å². The molecule has 0 aromatic heterocycles. The van der Waals surface area contributed by atoms with E-state index in [1.54, 1.807) is 18.2 Å². The Kier molecular flexibility index (Phi) is 10.6. The number of unbranched alkanes of at least 4 members (excludes halogenated alkanes) is 1. The van der Waals surface area contributed by atoms with Crippen LogP contribution < -0.4 is 14.8 Å². The summed E-state index contributed by atoms with van der Waals surface area (Å²) in [5.41, 5.74) is 3.30. The van der Waals surface area contributed by atoms with Crippen LogP contribution in [0.15, 0.2) is 78.6 Å². The van der Waals surface area contributed by atoms with E-state index >= 15 is 0 Å². The zero-order valence-corrected chi connectivity index (χ0v) is 21.2. The fourth-order valence-corrected chi connectivity index (χ4v) is 3.51. The van der Waals surface area contributed by atoms with Crippen molar-refractivity contribution in [2.75, 3.05) is 32.2 Å². The Hall–Kier alpha value is -4.26. The van der Waals surface area contributed by atoms with E-state index in [2.05, 4.69) is 12.2 Å². The van der Waals surface area contributed by atoms with Crippen LogP contribution >= 0.6 is 0 Å². The second-order valence-electron chi connectivity index (χ2n) is 8.36. The Balaban J connectivity index is 1.57. The van der Waals surface area contributed by atoms with Gasteiger partial charge in [-0.05, 0) is 47.9 Å². The number of carbonyl (C=O) groups is 2. The summed E-state index contributed by atoms with van der Waals surface area (Å²) in [7, 11) is 1.32. The molecule has 0 saturated carbocycles. The number of hydrogen-bond acceptors (Lipinski definition) is 6. The van der Waals surface area contributed by atoms with E-state index in [0.29, 0.717) is 42.3 Å². The SMILES string of the molecule is CCCCOc1cc(/C=C(\OC)C(=O)O)ccc1OCCc1ccc(NCC(=O)c2ccccc2)cc1. The summed E-state index contributed by atoms with van der Waals surface area (Å²) in [5.74, 6) is -0.0975. The number of benzene rings is 3. The van der Waals surface area contributed by atoms with Gasteiger partial charge in [0.25, 0.3) is 0 Å². The van der Waals surface area contributed by atoms with Crippen molar-refractivity contribution < 1.29 is 28.9 Å². The van der Waals surface area contributed by atoms with E-state index in [1.807, 2.05) is 54.6 Å². The van der Waals surface area contributed by atoms with Crippen molar-refractivity contribution in [2.45, 2.75) is 26.2 Å². The highest BCUT2D eigenvalue weighted by atomic mass is 16.5. The summed E-state index contributed by atoms with van der Waals surface area (Å²) in [5, 5.41) is 12.4. The fraction of sp³-hybridized carbons (Fsp3) is 0.267. The first-order chi connectivity index (χ1) is 18.0. The predicted molar refractivity (Wildman–Crippen MR) is 144 cm³/mol. The lowest BCUT2D eigenvalue weighted by Gasteiger charge is -2.14. The van der Waals surface area contributed by atoms with Crippen LogP contribution in [0.2, 0.25) is 0 Å². The molecule has 3 aromatic rings. The van der Waals surface area contributed by atoms with E-state index in [-0.39, 0.29) is 18.1 Å². The summed E-state index contributed by atoms with van der Waals surface area (Å²) in [6.07, 6.45) is 4.02. The van der Waals surface area contributed by atoms with Crippen LogP contribution in [0.4, 0.5) is 5.69 Å². The van der Waals surface area contributed by atoms with Gasteiger partial charge in [0.05, 0.1) is 26.9 Å². The lowest BCUT2D eigenvalue weighted by atomic mass is 10.1. The molecule has 0 heterocycles. The maximum Gasteiger partial charge on any atom is 0.371 e. The Morgan fingerprint density at radius 1 is 0.919 bits per heavy atom. The predicted octanol–water partition coefficient (Wildman–Crippen LogP) is 5.85. The van der Waals surface area contributed by atoms with Gasteiger partial charge in [0, 0.05) is 17.7 Å². The highest BCUT2D eigenvalue weighted by Gasteiger charge is 2.11. The minimum Gasteiger partial charge on any atom is -0.490 e. The maximum absolute atomic E-state index is 12.3. The molecule has 0 aliphatic rings. The summed E-state index contributed by atoms with van der Waals surface area (Å²) in [6.45, 7) is 3.30. The summed E-state index contributed by atoms with van der Waals surface area (Å²) in [4.78, 5) is 23.5. The van der Waals surface area contributed by atoms with Gasteiger partial charge in [-0.25, -0.2) is 4.79 Å². The van der Waals surface area contributed by atoms with Crippen LogP contribution in [0.5, 0.6) is 11.5 Å². The number of nitrogens with one attached hydrogen (secondary N) is 1. The standard InChI is InChI=1S/C30H33NO6/c1-3-4-17-36-28-19-23(20-29(35-2)30(33)34)12-15-27(28)37-18-16-22-10-13-25(14-11-22)31-21-26(32)24-8-6-5-7-9-24/h5-15,19-20,31H,3-4,16-18,21H2,1-2H3,(H,33,34)/b29-20-. The maximum atomic E-state index is 12.3. The Bertz CT molecular complexity index is 1190. The number of methoxy groups -OCH3 is 1. The molecule has 0 unspecified atom stereocenters. The molecular weight excluding hydrogens is 470 g/mol. The van der Waals surface area contributed by atoms with E-state index in [9.17, 15) is 14.7 Å². The first kappa shape index (κ1) is 27.3. The second kappa shape index (κ2) is 14.3. The average Bonchev–Trinajstić information content (AvgIpc) is 2.92. The lowest BCUT2D eigenvalue weighted by Crippen LogP contribution is -2.13. The number of ketones is 1. The van der Waals surface area contributed by atoms with Crippen molar-refractivity contribution >= 4 is 23.5 Å². The molecule has 37 heavy (non-hydrogen) atoms. The number of aliphatic carboxylic acids is 1. The molecule has 0 radical (unpaired) electrons. The number of carbonyl (C=O) groups excluding carboxylic acids is 1. The number of rotatable bonds is 15. The Morgan fingerprint density at radius 2 is 1.65 bits per heavy atom. The normalized spacial score (nSPS) is 11.0. The monoisotopic (exact) mass is 503 g/mol. The van der Waals surface area contributed by atoms with Crippen molar-refractivity contribution in [3.8, 4) is 11.5 Å². The van der Waals surface area contributed by atoms with Crippen LogP contribution in [0.1, 0.15) is 41.3 Å². The molecule has 3 rings (SSSR count). The fourth-order valence-electron chi connectivity index (χ4n) is 3.51. The van der Waals surface area contributed by atoms with Crippen molar-refractivity contribution in [1.29, 1.82) is 0 Å². The molecular formula is C30H33NO6. The zero-order valence-electron chi connectivity index (χ0n) is 21.2. The number of hydrogen-bond donors (Lipinski definition) is 2. The number of ether oxygens (including phenoxy) is 3. The van der Waals surface area contributed by atoms with Crippen LogP contribution in [-0.2, 0) is 16.0 Å². The minimum absolute atomic E-state index is 0.0398. The van der Waals surface area contributed by atoms with Gasteiger partial charge in [-0.1, -0.05) is 61.9 Å². The molecule has 7 heteroatoms. The Labute approximate surface area is 217 Å². The van der Waals surface area contributed by atoms with Gasteiger partial charge < -0.3 is 24.6 Å². The molecule has 0 bridgehead atoms. The second-order valence-corrected chi connectivity index (χ2v) is 8.36. The van der Waals surface area contributed by atoms with Crippen LogP contribution in [0, 0.1) is 0 Å². The number of carboxylic acid groups (broad SMARTS) is 1. The van der Waals surface area contributed by atoms with Gasteiger partial charge >= 0.3 is 5.97 Å². The van der Waals surface area contributed by atoms with Gasteiger partial charge in [-0.2, -0.15) is 0 Å². The molecule has 194 valence electrons. The van der Waals surface area contributed by atoms with E-state index in [0.717, 1.165) is 24.1 Å². The molecule has 3 aromatic carbocycles. The topological polar surface area (TPSA) is 94.1 Å². The highest BCUT2D eigenvalue weighted by molar-refractivity contribution is 5.98. The molecule has 0 atom stereocenters. The highest BCUT2D eigenvalue weighted by Crippen LogP contribution is 2.30. The molecule has 0 aliphatic carbocycles. The summed E-state index contributed by atoms with van der Waals surface area (Å²) in [6, 6.07) is 22.4. The van der Waals surface area contributed by atoms with Crippen molar-refractivity contribution in [3.63, 3.8) is 0 Å². The van der Waals surface area contributed by atoms with Gasteiger partial charge in [-0.3, -0.25) is 4.79 Å². The molecule has 2 N–H and O–H groups in total. The molecule has 0 saturated heterocycles. The van der Waals surface area contributed by atoms with Gasteiger partial charge in [0.1, 0.15) is 0 Å². The smallest absolute Gasteiger partial charge is 0.371 e. The number of Topliss-reactive ketones (excluding diaryl/α,β-unsaturated/α-hetero) is 1. The third kappa shape index (κ3) is 8.72. The molecule has 0 aliphatic heterocycles. The first-order valence-corrected chi connectivity index (χ1v) is 12.3. The van der Waals surface area contributed by atoms with E-state index in [4.69, 9.17) is 14.2 Å². The zero-order chi connectivity index (χ0) is 26.5. The van der Waals surface area contributed by atoms with Crippen LogP contribution in [0.3, 0.4) is 0 Å². The van der Waals surface area contributed by atoms with E-state index < -0.39 is 5.97 Å². The number of anilines is 1. The van der Waals surface area contributed by atoms with Gasteiger partial charge in [0.2, 0.25) is 5.76 Å². The minimum atomic E-state index is -1.14.